The minimum atomic E-state index is -4.08. The van der Waals surface area contributed by atoms with Gasteiger partial charge in [0, 0.05) is 6.07 Å². The van der Waals surface area contributed by atoms with Crippen molar-refractivity contribution in [1.82, 2.24) is 10.0 Å². The summed E-state index contributed by atoms with van der Waals surface area (Å²) in [5, 5.41) is 2.82. The number of nitrogens with one attached hydrogen (secondary N) is 2. The number of sulfonamides is 1. The average Bonchev–Trinajstić information content (AvgIpc) is 2.84. The van der Waals surface area contributed by atoms with Crippen LogP contribution in [0.1, 0.15) is 24.1 Å². The van der Waals surface area contributed by atoms with Gasteiger partial charge in [-0.15, -0.1) is 0 Å². The molecule has 7 nitrogen and oxygen atoms in total. The van der Waals surface area contributed by atoms with Gasteiger partial charge in [-0.25, -0.2) is 12.8 Å². The van der Waals surface area contributed by atoms with Gasteiger partial charge in [0.15, 0.2) is 11.5 Å². The summed E-state index contributed by atoms with van der Waals surface area (Å²) in [7, 11) is -1.23. The molecule has 2 N–H and O–H groups in total. The first-order valence-corrected chi connectivity index (χ1v) is 12.1. The average molecular weight is 487 g/mol. The Bertz CT molecular complexity index is 1220. The molecule has 180 valence electrons. The van der Waals surface area contributed by atoms with Gasteiger partial charge in [-0.1, -0.05) is 42.5 Å². The molecular formula is C25H27FN2O5S. The predicted octanol–water partition coefficient (Wildman–Crippen LogP) is 3.61. The molecule has 0 spiro atoms. The van der Waals surface area contributed by atoms with Crippen molar-refractivity contribution >= 4 is 15.9 Å². The minimum Gasteiger partial charge on any atom is -0.493 e. The Balaban J connectivity index is 1.86. The number of amides is 1. The maximum Gasteiger partial charge on any atom is 0.241 e. The first-order valence-electron chi connectivity index (χ1n) is 10.6. The molecule has 3 aromatic carbocycles. The molecule has 0 heterocycles. The summed E-state index contributed by atoms with van der Waals surface area (Å²) in [5.41, 5.74) is 1.48. The van der Waals surface area contributed by atoms with Crippen LogP contribution in [0, 0.1) is 5.82 Å². The van der Waals surface area contributed by atoms with Crippen molar-refractivity contribution in [2.24, 2.45) is 0 Å². The largest absolute Gasteiger partial charge is 0.493 e. The van der Waals surface area contributed by atoms with E-state index < -0.39 is 28.0 Å². The van der Waals surface area contributed by atoms with Crippen molar-refractivity contribution in [2.45, 2.75) is 30.3 Å². The van der Waals surface area contributed by atoms with Crippen LogP contribution in [0.5, 0.6) is 11.5 Å². The van der Waals surface area contributed by atoms with Crippen LogP contribution in [-0.2, 0) is 21.2 Å². The second kappa shape index (κ2) is 11.1. The quantitative estimate of drug-likeness (QED) is 0.457. The molecule has 0 saturated heterocycles. The van der Waals surface area contributed by atoms with Crippen LogP contribution >= 0.6 is 0 Å². The summed E-state index contributed by atoms with van der Waals surface area (Å²) in [5.74, 6) is -0.260. The van der Waals surface area contributed by atoms with Crippen LogP contribution in [0.4, 0.5) is 4.39 Å². The summed E-state index contributed by atoms with van der Waals surface area (Å²) >= 11 is 0. The molecule has 3 rings (SSSR count). The molecule has 1 amide bonds. The highest BCUT2D eigenvalue weighted by Gasteiger charge is 2.28. The molecule has 0 fully saturated rings. The normalized spacial score (nSPS) is 13.1. The third-order valence-electron chi connectivity index (χ3n) is 5.29. The van der Waals surface area contributed by atoms with Crippen LogP contribution in [0.25, 0.3) is 0 Å². The number of methoxy groups -OCH3 is 2. The summed E-state index contributed by atoms with van der Waals surface area (Å²) in [6.45, 7) is 1.74. The van der Waals surface area contributed by atoms with Gasteiger partial charge in [-0.05, 0) is 48.7 Å². The van der Waals surface area contributed by atoms with Crippen molar-refractivity contribution in [3.8, 4) is 11.5 Å². The van der Waals surface area contributed by atoms with Gasteiger partial charge in [0.1, 0.15) is 11.9 Å². The van der Waals surface area contributed by atoms with Crippen LogP contribution in [0.15, 0.2) is 77.7 Å². The monoisotopic (exact) mass is 486 g/mol. The van der Waals surface area contributed by atoms with E-state index in [0.29, 0.717) is 11.3 Å². The van der Waals surface area contributed by atoms with E-state index in [9.17, 15) is 17.6 Å². The molecule has 34 heavy (non-hydrogen) atoms. The smallest absolute Gasteiger partial charge is 0.241 e. The number of halogens is 1. The zero-order chi connectivity index (χ0) is 24.7. The molecule has 0 bridgehead atoms. The van der Waals surface area contributed by atoms with Gasteiger partial charge in [0.25, 0.3) is 0 Å². The molecular weight excluding hydrogens is 459 g/mol. The lowest BCUT2D eigenvalue weighted by Crippen LogP contribution is -2.48. The number of carbonyl (C=O) groups is 1. The van der Waals surface area contributed by atoms with E-state index in [1.807, 2.05) is 30.3 Å². The second-order valence-electron chi connectivity index (χ2n) is 7.66. The fourth-order valence-electron chi connectivity index (χ4n) is 3.43. The summed E-state index contributed by atoms with van der Waals surface area (Å²) in [6.07, 6.45) is 0.134. The van der Waals surface area contributed by atoms with E-state index >= 15 is 0 Å². The summed E-state index contributed by atoms with van der Waals surface area (Å²) in [4.78, 5) is 13.1. The third kappa shape index (κ3) is 6.33. The lowest BCUT2D eigenvalue weighted by molar-refractivity contribution is -0.123. The first-order chi connectivity index (χ1) is 16.2. The van der Waals surface area contributed by atoms with Crippen LogP contribution < -0.4 is 19.5 Å². The number of carbonyl (C=O) groups excluding carboxylic acids is 1. The first kappa shape index (κ1) is 25.2. The van der Waals surface area contributed by atoms with Crippen molar-refractivity contribution in [2.75, 3.05) is 14.2 Å². The Labute approximate surface area is 199 Å². The van der Waals surface area contributed by atoms with Gasteiger partial charge in [-0.3, -0.25) is 4.79 Å². The fraction of sp³-hybridized carbons (Fsp3) is 0.240. The number of rotatable bonds is 10. The van der Waals surface area contributed by atoms with E-state index in [4.69, 9.17) is 9.47 Å². The van der Waals surface area contributed by atoms with E-state index in [1.165, 1.54) is 44.6 Å². The zero-order valence-electron chi connectivity index (χ0n) is 19.1. The number of ether oxygens (including phenoxy) is 2. The predicted molar refractivity (Wildman–Crippen MR) is 127 cm³/mol. The lowest BCUT2D eigenvalue weighted by Gasteiger charge is -2.22. The van der Waals surface area contributed by atoms with Crippen molar-refractivity contribution < 1.29 is 27.1 Å². The molecule has 0 aliphatic rings. The fourth-order valence-corrected chi connectivity index (χ4v) is 4.64. The Morgan fingerprint density at radius 3 is 2.21 bits per heavy atom. The molecule has 0 saturated carbocycles. The molecule has 0 aliphatic carbocycles. The minimum absolute atomic E-state index is 0.0670. The number of hydrogen-bond acceptors (Lipinski definition) is 5. The standard InChI is InChI=1S/C25H27FN2O5S/c1-17(19-9-11-20(26)12-10-19)27-25(29)22(15-18-7-5-4-6-8-18)28-34(30,31)21-13-14-23(32-2)24(16-21)33-3/h4-14,16-17,22,28H,15H2,1-3H3,(H,27,29). The number of benzene rings is 3. The Kier molecular flexibility index (Phi) is 8.25. The van der Waals surface area contributed by atoms with Crippen LogP contribution in [0.3, 0.4) is 0 Å². The van der Waals surface area contributed by atoms with Gasteiger partial charge >= 0.3 is 0 Å². The molecule has 0 radical (unpaired) electrons. The van der Waals surface area contributed by atoms with Gasteiger partial charge in [0.05, 0.1) is 25.2 Å². The van der Waals surface area contributed by atoms with E-state index in [0.717, 1.165) is 5.56 Å². The maximum absolute atomic E-state index is 13.3. The number of hydrogen-bond donors (Lipinski definition) is 2. The van der Waals surface area contributed by atoms with E-state index in [1.54, 1.807) is 19.1 Å². The Hall–Kier alpha value is -3.43. The Morgan fingerprint density at radius 1 is 0.941 bits per heavy atom. The van der Waals surface area contributed by atoms with Crippen molar-refractivity contribution in [3.05, 3.63) is 89.7 Å². The molecule has 2 unspecified atom stereocenters. The molecule has 2 atom stereocenters. The highest BCUT2D eigenvalue weighted by atomic mass is 32.2. The van der Waals surface area contributed by atoms with Gasteiger partial charge < -0.3 is 14.8 Å². The van der Waals surface area contributed by atoms with E-state index in [-0.39, 0.29) is 22.9 Å². The van der Waals surface area contributed by atoms with Crippen molar-refractivity contribution in [3.63, 3.8) is 0 Å². The molecule has 9 heteroatoms. The van der Waals surface area contributed by atoms with Gasteiger partial charge in [-0.2, -0.15) is 4.72 Å². The Morgan fingerprint density at radius 2 is 1.59 bits per heavy atom. The van der Waals surface area contributed by atoms with Crippen LogP contribution in [-0.4, -0.2) is 34.6 Å². The van der Waals surface area contributed by atoms with Crippen molar-refractivity contribution in [1.29, 1.82) is 0 Å². The topological polar surface area (TPSA) is 93.7 Å². The maximum atomic E-state index is 13.3. The lowest BCUT2D eigenvalue weighted by atomic mass is 10.0. The highest BCUT2D eigenvalue weighted by Crippen LogP contribution is 2.29. The van der Waals surface area contributed by atoms with Crippen LogP contribution in [0.2, 0.25) is 0 Å². The summed E-state index contributed by atoms with van der Waals surface area (Å²) in [6, 6.07) is 17.5. The molecule has 0 aliphatic heterocycles. The zero-order valence-corrected chi connectivity index (χ0v) is 19.9. The molecule has 0 aromatic heterocycles. The van der Waals surface area contributed by atoms with Gasteiger partial charge in [0.2, 0.25) is 15.9 Å². The SMILES string of the molecule is COc1ccc(S(=O)(=O)NC(Cc2ccccc2)C(=O)NC(C)c2ccc(F)cc2)cc1OC. The summed E-state index contributed by atoms with van der Waals surface area (Å²) < 4.78 is 52.5. The second-order valence-corrected chi connectivity index (χ2v) is 9.38. The third-order valence-corrected chi connectivity index (χ3v) is 6.76. The molecule has 3 aromatic rings. The van der Waals surface area contributed by atoms with E-state index in [2.05, 4.69) is 10.0 Å². The highest BCUT2D eigenvalue weighted by molar-refractivity contribution is 7.89.